The van der Waals surface area contributed by atoms with Crippen molar-refractivity contribution in [3.63, 3.8) is 0 Å². The van der Waals surface area contributed by atoms with Crippen LogP contribution in [0.1, 0.15) is 27.7 Å². The van der Waals surface area contributed by atoms with Gasteiger partial charge >= 0.3 is 8.25 Å². The molecule has 0 saturated heterocycles. The van der Waals surface area contributed by atoms with E-state index in [4.69, 9.17) is 20.1 Å². The minimum Gasteiger partial charge on any atom is -0.366 e. The van der Waals surface area contributed by atoms with E-state index in [0.717, 1.165) is 5.92 Å². The standard InChI is InChI=1S/C4H7NO.C4H10.H3O3P/c1-3(2)4(5)6;2*1-4(2)3/h1H2,2H3,(H2,5,6);4H,1-3H3;4H,(H2,1,2,3). The van der Waals surface area contributed by atoms with Crippen molar-refractivity contribution in [3.8, 4) is 0 Å². The van der Waals surface area contributed by atoms with Crippen molar-refractivity contribution in [2.24, 2.45) is 11.7 Å². The minimum absolute atomic E-state index is 0.398. The lowest BCUT2D eigenvalue weighted by Crippen LogP contribution is -2.10. The van der Waals surface area contributed by atoms with Crippen LogP contribution in [0.5, 0.6) is 0 Å². The molecule has 0 aromatic heterocycles. The Morgan fingerprint density at radius 1 is 1.36 bits per heavy atom. The Bertz CT molecular complexity index is 173. The van der Waals surface area contributed by atoms with E-state index in [9.17, 15) is 4.79 Å². The Morgan fingerprint density at radius 2 is 1.43 bits per heavy atom. The summed E-state index contributed by atoms with van der Waals surface area (Å²) in [6.07, 6.45) is 0. The molecule has 6 heteroatoms. The molecule has 0 aromatic rings. The number of carbonyl (C=O) groups excluding carboxylic acids is 1. The summed E-state index contributed by atoms with van der Waals surface area (Å²) in [4.78, 5) is 24.1. The first-order valence-corrected chi connectivity index (χ1v) is 5.28. The molecular weight excluding hydrogens is 205 g/mol. The number of hydrogen-bond donors (Lipinski definition) is 3. The van der Waals surface area contributed by atoms with Gasteiger partial charge in [0.05, 0.1) is 0 Å². The monoisotopic (exact) mass is 225 g/mol. The smallest absolute Gasteiger partial charge is 0.314 e. The summed E-state index contributed by atoms with van der Waals surface area (Å²) in [5.41, 5.74) is 5.09. The van der Waals surface area contributed by atoms with Crippen LogP contribution < -0.4 is 5.73 Å². The van der Waals surface area contributed by atoms with Crippen molar-refractivity contribution in [2.45, 2.75) is 27.7 Å². The van der Waals surface area contributed by atoms with Crippen molar-refractivity contribution >= 4 is 14.2 Å². The maximum absolute atomic E-state index is 9.82. The summed E-state index contributed by atoms with van der Waals surface area (Å²) in [5, 5.41) is 0. The average Bonchev–Trinajstić information content (AvgIpc) is 1.83. The third kappa shape index (κ3) is 108. The maximum atomic E-state index is 9.82. The van der Waals surface area contributed by atoms with Gasteiger partial charge in [-0.25, -0.2) is 0 Å². The molecule has 0 radical (unpaired) electrons. The predicted octanol–water partition coefficient (Wildman–Crippen LogP) is 1.07. The van der Waals surface area contributed by atoms with Crippen molar-refractivity contribution in [3.05, 3.63) is 12.2 Å². The lowest BCUT2D eigenvalue weighted by Gasteiger charge is -1.81. The molecule has 0 saturated carbocycles. The Hall–Kier alpha value is -0.640. The summed E-state index contributed by atoms with van der Waals surface area (Å²) >= 11 is 0. The summed E-state index contributed by atoms with van der Waals surface area (Å²) in [6.45, 7) is 11.4. The number of hydrogen-bond acceptors (Lipinski definition) is 2. The lowest BCUT2D eigenvalue weighted by molar-refractivity contribution is -0.114. The van der Waals surface area contributed by atoms with Gasteiger partial charge in [-0.2, -0.15) is 0 Å². The summed E-state index contributed by atoms with van der Waals surface area (Å²) in [6, 6.07) is 0. The van der Waals surface area contributed by atoms with Crippen LogP contribution in [0.4, 0.5) is 0 Å². The van der Waals surface area contributed by atoms with E-state index in [1.807, 2.05) is 0 Å². The van der Waals surface area contributed by atoms with Crippen LogP contribution in [0.15, 0.2) is 12.2 Å². The number of nitrogens with two attached hydrogens (primary N) is 1. The molecule has 1 amide bonds. The summed E-state index contributed by atoms with van der Waals surface area (Å²) < 4.78 is 8.74. The molecule has 0 aromatic carbocycles. The molecule has 0 rings (SSSR count). The van der Waals surface area contributed by atoms with Crippen LogP contribution in [-0.4, -0.2) is 15.7 Å². The normalized spacial score (nSPS) is 8.29. The lowest BCUT2D eigenvalue weighted by atomic mass is 10.3. The van der Waals surface area contributed by atoms with E-state index < -0.39 is 14.2 Å². The Kier molecular flexibility index (Phi) is 16.8. The molecule has 0 unspecified atom stereocenters. The molecule has 0 aliphatic rings. The Morgan fingerprint density at radius 3 is 1.43 bits per heavy atom. The largest absolute Gasteiger partial charge is 0.366 e. The molecule has 0 bridgehead atoms. The molecule has 0 heterocycles. The van der Waals surface area contributed by atoms with E-state index in [2.05, 4.69) is 27.4 Å². The van der Waals surface area contributed by atoms with Gasteiger partial charge in [0.25, 0.3) is 0 Å². The van der Waals surface area contributed by atoms with Crippen LogP contribution in [0.2, 0.25) is 0 Å². The summed E-state index contributed by atoms with van der Waals surface area (Å²) in [5.74, 6) is 0.398. The third-order valence-corrected chi connectivity index (χ3v) is 0.421. The van der Waals surface area contributed by atoms with Gasteiger partial charge in [0, 0.05) is 5.57 Å². The van der Waals surface area contributed by atoms with E-state index in [1.165, 1.54) is 0 Å². The third-order valence-electron chi connectivity index (χ3n) is 0.421. The first-order valence-electron chi connectivity index (χ1n) is 3.98. The van der Waals surface area contributed by atoms with Crippen molar-refractivity contribution in [2.75, 3.05) is 0 Å². The van der Waals surface area contributed by atoms with Crippen molar-refractivity contribution in [1.82, 2.24) is 0 Å². The van der Waals surface area contributed by atoms with Gasteiger partial charge in [-0.05, 0) is 12.8 Å². The van der Waals surface area contributed by atoms with E-state index in [-0.39, 0.29) is 0 Å². The van der Waals surface area contributed by atoms with Gasteiger partial charge in [-0.15, -0.1) is 0 Å². The first kappa shape index (κ1) is 19.0. The molecular formula is C8H20NO4P. The predicted molar refractivity (Wildman–Crippen MR) is 58.0 cm³/mol. The number of carbonyl (C=O) groups is 1. The van der Waals surface area contributed by atoms with E-state index in [0.29, 0.717) is 5.57 Å². The van der Waals surface area contributed by atoms with E-state index in [1.54, 1.807) is 6.92 Å². The average molecular weight is 225 g/mol. The molecule has 0 atom stereocenters. The topological polar surface area (TPSA) is 101 Å². The highest BCUT2D eigenvalue weighted by atomic mass is 31.1. The van der Waals surface area contributed by atoms with Gasteiger partial charge in [0.1, 0.15) is 0 Å². The fourth-order valence-electron chi connectivity index (χ4n) is 0. The van der Waals surface area contributed by atoms with Gasteiger partial charge in [0.15, 0.2) is 0 Å². The van der Waals surface area contributed by atoms with Crippen LogP contribution in [0.3, 0.4) is 0 Å². The second-order valence-electron chi connectivity index (χ2n) is 3.16. The van der Waals surface area contributed by atoms with Crippen LogP contribution in [0.25, 0.3) is 0 Å². The zero-order valence-corrected chi connectivity index (χ0v) is 10.1. The van der Waals surface area contributed by atoms with Crippen molar-refractivity contribution in [1.29, 1.82) is 0 Å². The molecule has 5 nitrogen and oxygen atoms in total. The second kappa shape index (κ2) is 12.4. The van der Waals surface area contributed by atoms with Gasteiger partial charge in [-0.1, -0.05) is 27.4 Å². The molecule has 0 aliphatic heterocycles. The first-order chi connectivity index (χ1) is 6.11. The van der Waals surface area contributed by atoms with Crippen LogP contribution >= 0.6 is 8.25 Å². The number of amides is 1. The second-order valence-corrected chi connectivity index (χ2v) is 3.72. The van der Waals surface area contributed by atoms with Gasteiger partial charge in [-0.3, -0.25) is 9.36 Å². The maximum Gasteiger partial charge on any atom is 0.314 e. The quantitative estimate of drug-likeness (QED) is 0.459. The Balaban J connectivity index is -0.000000135. The molecule has 0 aliphatic carbocycles. The minimum atomic E-state index is -3.13. The molecule has 86 valence electrons. The zero-order chi connectivity index (χ0) is 12.3. The molecule has 0 fully saturated rings. The number of primary amides is 1. The summed E-state index contributed by atoms with van der Waals surface area (Å²) in [7, 11) is -3.13. The van der Waals surface area contributed by atoms with Crippen LogP contribution in [-0.2, 0) is 9.36 Å². The van der Waals surface area contributed by atoms with Gasteiger partial charge < -0.3 is 15.5 Å². The SMILES string of the molecule is C=C(C)C(N)=O.CC(C)C.O=[PH](O)O. The highest BCUT2D eigenvalue weighted by Crippen LogP contribution is 1.98. The number of rotatable bonds is 1. The Labute approximate surface area is 85.6 Å². The van der Waals surface area contributed by atoms with Crippen molar-refractivity contribution < 1.29 is 19.1 Å². The fraction of sp³-hybridized carbons (Fsp3) is 0.625. The van der Waals surface area contributed by atoms with E-state index >= 15 is 0 Å². The van der Waals surface area contributed by atoms with Crippen LogP contribution in [0, 0.1) is 5.92 Å². The van der Waals surface area contributed by atoms with Gasteiger partial charge in [0.2, 0.25) is 5.91 Å². The zero-order valence-electron chi connectivity index (χ0n) is 9.07. The fourth-order valence-corrected chi connectivity index (χ4v) is 0. The molecule has 0 spiro atoms. The highest BCUT2D eigenvalue weighted by Gasteiger charge is 1.86. The molecule has 14 heavy (non-hydrogen) atoms. The highest BCUT2D eigenvalue weighted by molar-refractivity contribution is 7.30. The molecule has 4 N–H and O–H groups in total.